The molecular formula is C18H28N2. The fourth-order valence-corrected chi connectivity index (χ4v) is 3.31. The maximum Gasteiger partial charge on any atom is 0.0376 e. The number of rotatable bonds is 6. The predicted octanol–water partition coefficient (Wildman–Crippen LogP) is 4.10. The summed E-state index contributed by atoms with van der Waals surface area (Å²) in [5, 5.41) is 3.54. The summed E-state index contributed by atoms with van der Waals surface area (Å²) >= 11 is 0. The van der Waals surface area contributed by atoms with E-state index in [0.717, 1.165) is 24.4 Å². The van der Waals surface area contributed by atoms with Gasteiger partial charge in [-0.15, -0.1) is 0 Å². The third-order valence-corrected chi connectivity index (χ3v) is 4.72. The summed E-state index contributed by atoms with van der Waals surface area (Å²) < 4.78 is 0. The lowest BCUT2D eigenvalue weighted by Crippen LogP contribution is -2.34. The minimum atomic E-state index is 0.722. The molecule has 2 heteroatoms. The van der Waals surface area contributed by atoms with Crippen molar-refractivity contribution < 1.29 is 0 Å². The molecule has 1 aromatic carbocycles. The van der Waals surface area contributed by atoms with Gasteiger partial charge in [0.25, 0.3) is 0 Å². The standard InChI is InChI=1S/C18H28N2/c1-14(2)10-12-20(16-7-8-16)13-15-9-11-19-18-6-4-3-5-17(15)18/h3-6,14-16,19H,7-13H2,1-2H3. The maximum atomic E-state index is 3.54. The van der Waals surface area contributed by atoms with Gasteiger partial charge in [0, 0.05) is 30.7 Å². The number of hydrogen-bond acceptors (Lipinski definition) is 2. The van der Waals surface area contributed by atoms with Gasteiger partial charge in [-0.1, -0.05) is 32.0 Å². The van der Waals surface area contributed by atoms with Gasteiger partial charge < -0.3 is 5.32 Å². The molecule has 3 rings (SSSR count). The molecule has 20 heavy (non-hydrogen) atoms. The summed E-state index contributed by atoms with van der Waals surface area (Å²) in [6.45, 7) is 8.35. The van der Waals surface area contributed by atoms with Gasteiger partial charge in [0.1, 0.15) is 0 Å². The van der Waals surface area contributed by atoms with Crippen LogP contribution < -0.4 is 5.32 Å². The van der Waals surface area contributed by atoms with E-state index in [1.165, 1.54) is 50.0 Å². The van der Waals surface area contributed by atoms with E-state index in [0.29, 0.717) is 0 Å². The molecule has 110 valence electrons. The smallest absolute Gasteiger partial charge is 0.0376 e. The Labute approximate surface area is 123 Å². The van der Waals surface area contributed by atoms with Crippen LogP contribution in [0.3, 0.4) is 0 Å². The molecule has 0 radical (unpaired) electrons. The first-order valence-corrected chi connectivity index (χ1v) is 8.31. The number of nitrogens with zero attached hydrogens (tertiary/aromatic N) is 1. The Morgan fingerprint density at radius 1 is 1.20 bits per heavy atom. The molecule has 1 atom stereocenters. The second-order valence-electron chi connectivity index (χ2n) is 6.91. The number of nitrogens with one attached hydrogen (secondary N) is 1. The molecule has 1 N–H and O–H groups in total. The summed E-state index contributed by atoms with van der Waals surface area (Å²) in [4.78, 5) is 2.77. The van der Waals surface area contributed by atoms with Crippen LogP contribution in [0.15, 0.2) is 24.3 Å². The van der Waals surface area contributed by atoms with E-state index >= 15 is 0 Å². The molecule has 0 spiro atoms. The maximum absolute atomic E-state index is 3.54. The highest BCUT2D eigenvalue weighted by Crippen LogP contribution is 2.35. The number of fused-ring (bicyclic) bond motifs is 1. The molecule has 1 saturated carbocycles. The van der Waals surface area contributed by atoms with Crippen molar-refractivity contribution in [3.05, 3.63) is 29.8 Å². The molecule has 0 bridgehead atoms. The molecule has 2 nitrogen and oxygen atoms in total. The van der Waals surface area contributed by atoms with Gasteiger partial charge in [0.2, 0.25) is 0 Å². The Kier molecular flexibility index (Phi) is 4.30. The number of benzene rings is 1. The van der Waals surface area contributed by atoms with Crippen LogP contribution in [0.5, 0.6) is 0 Å². The summed E-state index contributed by atoms with van der Waals surface area (Å²) in [7, 11) is 0. The zero-order valence-electron chi connectivity index (χ0n) is 12.9. The van der Waals surface area contributed by atoms with Gasteiger partial charge in [-0.25, -0.2) is 0 Å². The summed E-state index contributed by atoms with van der Waals surface area (Å²) in [6, 6.07) is 9.77. The van der Waals surface area contributed by atoms with Gasteiger partial charge in [-0.05, 0) is 49.8 Å². The molecule has 1 unspecified atom stereocenters. The zero-order valence-corrected chi connectivity index (χ0v) is 12.9. The van der Waals surface area contributed by atoms with Crippen LogP contribution in [0, 0.1) is 5.92 Å². The summed E-state index contributed by atoms with van der Waals surface area (Å²) in [5.41, 5.74) is 2.90. The average molecular weight is 272 g/mol. The van der Waals surface area contributed by atoms with E-state index < -0.39 is 0 Å². The fraction of sp³-hybridized carbons (Fsp3) is 0.667. The lowest BCUT2D eigenvalue weighted by molar-refractivity contribution is 0.229. The SMILES string of the molecule is CC(C)CCN(CC1CCNc2ccccc21)C1CC1. The minimum Gasteiger partial charge on any atom is -0.385 e. The quantitative estimate of drug-likeness (QED) is 0.839. The first kappa shape index (κ1) is 13.9. The molecule has 0 amide bonds. The normalized spacial score (nSPS) is 21.9. The highest BCUT2D eigenvalue weighted by Gasteiger charge is 2.31. The monoisotopic (exact) mass is 272 g/mol. The number of para-hydroxylation sites is 1. The molecule has 1 fully saturated rings. The highest BCUT2D eigenvalue weighted by atomic mass is 15.2. The number of anilines is 1. The Bertz CT molecular complexity index is 437. The Morgan fingerprint density at radius 2 is 2.00 bits per heavy atom. The molecule has 1 aliphatic heterocycles. The van der Waals surface area contributed by atoms with Crippen molar-refractivity contribution in [2.45, 2.75) is 51.5 Å². The van der Waals surface area contributed by atoms with E-state index in [9.17, 15) is 0 Å². The topological polar surface area (TPSA) is 15.3 Å². The van der Waals surface area contributed by atoms with E-state index in [2.05, 4.69) is 48.3 Å². The third-order valence-electron chi connectivity index (χ3n) is 4.72. The van der Waals surface area contributed by atoms with E-state index in [-0.39, 0.29) is 0 Å². The largest absolute Gasteiger partial charge is 0.385 e. The van der Waals surface area contributed by atoms with Gasteiger partial charge in [0.15, 0.2) is 0 Å². The van der Waals surface area contributed by atoms with Crippen LogP contribution in [-0.4, -0.2) is 30.6 Å². The van der Waals surface area contributed by atoms with E-state index in [1.54, 1.807) is 0 Å². The van der Waals surface area contributed by atoms with Crippen molar-refractivity contribution in [3.63, 3.8) is 0 Å². The van der Waals surface area contributed by atoms with Gasteiger partial charge >= 0.3 is 0 Å². The predicted molar refractivity (Wildman–Crippen MR) is 86.3 cm³/mol. The Morgan fingerprint density at radius 3 is 2.75 bits per heavy atom. The van der Waals surface area contributed by atoms with Crippen LogP contribution >= 0.6 is 0 Å². The lowest BCUT2D eigenvalue weighted by atomic mass is 9.90. The summed E-state index contributed by atoms with van der Waals surface area (Å²) in [5.74, 6) is 1.54. The minimum absolute atomic E-state index is 0.722. The van der Waals surface area contributed by atoms with Crippen molar-refractivity contribution in [2.75, 3.05) is 25.0 Å². The van der Waals surface area contributed by atoms with Gasteiger partial charge in [-0.3, -0.25) is 4.90 Å². The lowest BCUT2D eigenvalue weighted by Gasteiger charge is -2.32. The Balaban J connectivity index is 1.66. The molecule has 1 aliphatic carbocycles. The van der Waals surface area contributed by atoms with Crippen LogP contribution in [0.25, 0.3) is 0 Å². The van der Waals surface area contributed by atoms with Crippen LogP contribution in [-0.2, 0) is 0 Å². The second kappa shape index (κ2) is 6.17. The van der Waals surface area contributed by atoms with Gasteiger partial charge in [0.05, 0.1) is 0 Å². The zero-order chi connectivity index (χ0) is 13.9. The molecule has 0 aromatic heterocycles. The van der Waals surface area contributed by atoms with Crippen molar-refractivity contribution >= 4 is 5.69 Å². The van der Waals surface area contributed by atoms with Crippen molar-refractivity contribution in [3.8, 4) is 0 Å². The molecular weight excluding hydrogens is 244 g/mol. The fourth-order valence-electron chi connectivity index (χ4n) is 3.31. The Hall–Kier alpha value is -1.02. The third kappa shape index (κ3) is 3.35. The van der Waals surface area contributed by atoms with E-state index in [1.807, 2.05) is 0 Å². The van der Waals surface area contributed by atoms with Crippen molar-refractivity contribution in [1.29, 1.82) is 0 Å². The highest BCUT2D eigenvalue weighted by molar-refractivity contribution is 5.54. The molecule has 2 aliphatic rings. The summed E-state index contributed by atoms with van der Waals surface area (Å²) in [6.07, 6.45) is 5.46. The van der Waals surface area contributed by atoms with Gasteiger partial charge in [-0.2, -0.15) is 0 Å². The van der Waals surface area contributed by atoms with Crippen molar-refractivity contribution in [1.82, 2.24) is 4.90 Å². The first-order valence-electron chi connectivity index (χ1n) is 8.31. The van der Waals surface area contributed by atoms with Crippen LogP contribution in [0.4, 0.5) is 5.69 Å². The average Bonchev–Trinajstić information content (AvgIpc) is 3.28. The van der Waals surface area contributed by atoms with E-state index in [4.69, 9.17) is 0 Å². The van der Waals surface area contributed by atoms with Crippen LogP contribution in [0.1, 0.15) is 51.0 Å². The first-order chi connectivity index (χ1) is 9.74. The van der Waals surface area contributed by atoms with Crippen molar-refractivity contribution in [2.24, 2.45) is 5.92 Å². The second-order valence-corrected chi connectivity index (χ2v) is 6.91. The molecule has 1 aromatic rings. The number of hydrogen-bond donors (Lipinski definition) is 1. The van der Waals surface area contributed by atoms with Crippen LogP contribution in [0.2, 0.25) is 0 Å². The molecule has 1 heterocycles. The molecule has 0 saturated heterocycles.